The van der Waals surface area contributed by atoms with Crippen molar-refractivity contribution in [1.82, 2.24) is 4.98 Å². The van der Waals surface area contributed by atoms with Crippen molar-refractivity contribution < 1.29 is 17.9 Å². The fourth-order valence-corrected chi connectivity index (χ4v) is 1.16. The molecule has 0 saturated heterocycles. The van der Waals surface area contributed by atoms with E-state index in [9.17, 15) is 13.2 Å². The number of halogens is 4. The predicted octanol–water partition coefficient (Wildman–Crippen LogP) is 1.67. The van der Waals surface area contributed by atoms with Crippen LogP contribution in [0.1, 0.15) is 5.69 Å². The number of aromatic nitrogens is 1. The Morgan fingerprint density at radius 3 is 2.53 bits per heavy atom. The average molecular weight is 242 g/mol. The first-order chi connectivity index (χ1) is 6.85. The van der Waals surface area contributed by atoms with Crippen molar-refractivity contribution in [3.05, 3.63) is 16.9 Å². The van der Waals surface area contributed by atoms with Crippen LogP contribution in [-0.2, 0) is 6.54 Å². The van der Waals surface area contributed by atoms with Gasteiger partial charge in [0.1, 0.15) is 5.02 Å². The number of alkyl halides is 3. The molecule has 0 atom stereocenters. The van der Waals surface area contributed by atoms with Crippen molar-refractivity contribution in [2.75, 3.05) is 5.73 Å². The Morgan fingerprint density at radius 1 is 1.47 bits per heavy atom. The monoisotopic (exact) mass is 241 g/mol. The van der Waals surface area contributed by atoms with Gasteiger partial charge in [-0.1, -0.05) is 11.6 Å². The lowest BCUT2D eigenvalue weighted by Crippen LogP contribution is -2.19. The van der Waals surface area contributed by atoms with Crippen LogP contribution in [0.25, 0.3) is 0 Å². The molecule has 84 valence electrons. The number of pyridine rings is 1. The molecule has 0 fully saturated rings. The predicted molar refractivity (Wildman–Crippen MR) is 48.2 cm³/mol. The highest BCUT2D eigenvalue weighted by molar-refractivity contribution is 6.33. The molecular formula is C7H7ClF3N3O. The highest BCUT2D eigenvalue weighted by atomic mass is 35.5. The molecule has 0 saturated carbocycles. The van der Waals surface area contributed by atoms with Crippen LogP contribution in [0.5, 0.6) is 5.75 Å². The van der Waals surface area contributed by atoms with E-state index >= 15 is 0 Å². The molecule has 1 rings (SSSR count). The highest BCUT2D eigenvalue weighted by Gasteiger charge is 2.33. The molecule has 1 aromatic heterocycles. The summed E-state index contributed by atoms with van der Waals surface area (Å²) in [5.74, 6) is -0.667. The first kappa shape index (κ1) is 11.9. The van der Waals surface area contributed by atoms with Gasteiger partial charge < -0.3 is 16.2 Å². The van der Waals surface area contributed by atoms with Crippen molar-refractivity contribution in [3.63, 3.8) is 0 Å². The highest BCUT2D eigenvalue weighted by Crippen LogP contribution is 2.36. The second-order valence-corrected chi connectivity index (χ2v) is 2.93. The number of hydrogen-bond acceptors (Lipinski definition) is 4. The molecule has 0 aliphatic carbocycles. The normalized spacial score (nSPS) is 11.5. The molecule has 0 aliphatic rings. The van der Waals surface area contributed by atoms with E-state index in [1.54, 1.807) is 0 Å². The molecule has 0 aromatic carbocycles. The number of nitrogens with two attached hydrogens (primary N) is 2. The maximum Gasteiger partial charge on any atom is 0.573 e. The molecule has 0 amide bonds. The Balaban J connectivity index is 3.15. The summed E-state index contributed by atoms with van der Waals surface area (Å²) in [6, 6.07) is 0. The summed E-state index contributed by atoms with van der Waals surface area (Å²) in [7, 11) is 0. The van der Waals surface area contributed by atoms with E-state index < -0.39 is 12.1 Å². The van der Waals surface area contributed by atoms with Crippen molar-refractivity contribution in [2.24, 2.45) is 5.73 Å². The lowest BCUT2D eigenvalue weighted by Gasteiger charge is -2.13. The Labute approximate surface area is 88.0 Å². The molecule has 1 heterocycles. The average Bonchev–Trinajstić information content (AvgIpc) is 2.11. The van der Waals surface area contributed by atoms with E-state index in [0.29, 0.717) is 0 Å². The molecule has 0 radical (unpaired) electrons. The largest absolute Gasteiger partial charge is 0.573 e. The minimum absolute atomic E-state index is 0.0881. The van der Waals surface area contributed by atoms with E-state index in [2.05, 4.69) is 9.72 Å². The van der Waals surface area contributed by atoms with Crippen LogP contribution in [-0.4, -0.2) is 11.3 Å². The van der Waals surface area contributed by atoms with Gasteiger partial charge >= 0.3 is 6.36 Å². The number of ether oxygens (including phenoxy) is 1. The zero-order valence-corrected chi connectivity index (χ0v) is 8.06. The second kappa shape index (κ2) is 4.11. The number of nitrogens with zero attached hydrogens (tertiary/aromatic N) is 1. The second-order valence-electron chi connectivity index (χ2n) is 2.56. The van der Waals surface area contributed by atoms with Gasteiger partial charge in [0.2, 0.25) is 0 Å². The summed E-state index contributed by atoms with van der Waals surface area (Å²) in [6.45, 7) is -0.104. The summed E-state index contributed by atoms with van der Waals surface area (Å²) < 4.78 is 39.5. The number of hydrogen-bond donors (Lipinski definition) is 2. The van der Waals surface area contributed by atoms with Crippen LogP contribution < -0.4 is 16.2 Å². The first-order valence-corrected chi connectivity index (χ1v) is 4.11. The molecule has 0 unspecified atom stereocenters. The number of nitrogen functional groups attached to an aromatic ring is 1. The van der Waals surface area contributed by atoms with E-state index in [-0.39, 0.29) is 22.9 Å². The third kappa shape index (κ3) is 2.87. The van der Waals surface area contributed by atoms with E-state index in [4.69, 9.17) is 23.1 Å². The molecule has 15 heavy (non-hydrogen) atoms. The van der Waals surface area contributed by atoms with Gasteiger partial charge in [0.15, 0.2) is 5.75 Å². The van der Waals surface area contributed by atoms with Gasteiger partial charge in [-0.15, -0.1) is 13.2 Å². The zero-order valence-electron chi connectivity index (χ0n) is 7.31. The van der Waals surface area contributed by atoms with Gasteiger partial charge in [-0.05, 0) is 0 Å². The van der Waals surface area contributed by atoms with Gasteiger partial charge in [0.25, 0.3) is 0 Å². The zero-order chi connectivity index (χ0) is 11.6. The minimum Gasteiger partial charge on any atom is -0.402 e. The van der Waals surface area contributed by atoms with Gasteiger partial charge in [0, 0.05) is 6.54 Å². The van der Waals surface area contributed by atoms with Crippen molar-refractivity contribution in [1.29, 1.82) is 0 Å². The summed E-state index contributed by atoms with van der Waals surface area (Å²) in [6.07, 6.45) is -3.85. The fourth-order valence-electron chi connectivity index (χ4n) is 0.882. The molecule has 0 aliphatic heterocycles. The van der Waals surface area contributed by atoms with E-state index in [1.165, 1.54) is 0 Å². The van der Waals surface area contributed by atoms with E-state index in [1.807, 2.05) is 0 Å². The SMILES string of the molecule is NCc1ncc(N)c(OC(F)(F)F)c1Cl. The first-order valence-electron chi connectivity index (χ1n) is 3.74. The van der Waals surface area contributed by atoms with Gasteiger partial charge in [0.05, 0.1) is 17.6 Å². The Hall–Kier alpha value is -1.21. The van der Waals surface area contributed by atoms with Gasteiger partial charge in [-0.2, -0.15) is 0 Å². The van der Waals surface area contributed by atoms with Crippen LogP contribution in [0.3, 0.4) is 0 Å². The molecule has 4 N–H and O–H groups in total. The van der Waals surface area contributed by atoms with Crippen molar-refractivity contribution >= 4 is 17.3 Å². The molecule has 1 aromatic rings. The summed E-state index contributed by atoms with van der Waals surface area (Å²) in [5, 5.41) is -0.324. The quantitative estimate of drug-likeness (QED) is 0.826. The van der Waals surface area contributed by atoms with Crippen LogP contribution >= 0.6 is 11.6 Å². The maximum absolute atomic E-state index is 11.9. The summed E-state index contributed by atoms with van der Waals surface area (Å²) in [4.78, 5) is 3.66. The lowest BCUT2D eigenvalue weighted by molar-refractivity contribution is -0.274. The molecule has 8 heteroatoms. The smallest absolute Gasteiger partial charge is 0.402 e. The Kier molecular flexibility index (Phi) is 3.25. The number of anilines is 1. The molecular weight excluding hydrogens is 235 g/mol. The van der Waals surface area contributed by atoms with Crippen LogP contribution in [0, 0.1) is 0 Å². The standard InChI is InChI=1S/C7H7ClF3N3O/c8-5-4(1-12)14-2-3(13)6(5)15-7(9,10)11/h2H,1,12-13H2. The molecule has 0 spiro atoms. The third-order valence-corrected chi connectivity index (χ3v) is 1.88. The van der Waals surface area contributed by atoms with Crippen molar-refractivity contribution in [3.8, 4) is 5.75 Å². The van der Waals surface area contributed by atoms with Gasteiger partial charge in [-0.3, -0.25) is 4.98 Å². The Morgan fingerprint density at radius 2 is 2.07 bits per heavy atom. The van der Waals surface area contributed by atoms with E-state index in [0.717, 1.165) is 6.20 Å². The van der Waals surface area contributed by atoms with Crippen LogP contribution in [0.2, 0.25) is 5.02 Å². The topological polar surface area (TPSA) is 74.2 Å². The molecule has 0 bridgehead atoms. The van der Waals surface area contributed by atoms with Crippen LogP contribution in [0.15, 0.2) is 6.20 Å². The molecule has 4 nitrogen and oxygen atoms in total. The van der Waals surface area contributed by atoms with Gasteiger partial charge in [-0.25, -0.2) is 0 Å². The van der Waals surface area contributed by atoms with Crippen LogP contribution in [0.4, 0.5) is 18.9 Å². The third-order valence-electron chi connectivity index (χ3n) is 1.49. The summed E-state index contributed by atoms with van der Waals surface area (Å²) in [5.41, 5.74) is 10.2. The Bertz CT molecular complexity index is 369. The number of rotatable bonds is 2. The van der Waals surface area contributed by atoms with Crippen molar-refractivity contribution in [2.45, 2.75) is 12.9 Å². The minimum atomic E-state index is -4.86. The fraction of sp³-hybridized carbons (Fsp3) is 0.286. The lowest BCUT2D eigenvalue weighted by atomic mass is 10.3. The maximum atomic E-state index is 11.9. The summed E-state index contributed by atoms with van der Waals surface area (Å²) >= 11 is 5.57.